The first-order chi connectivity index (χ1) is 9.61. The highest BCUT2D eigenvalue weighted by Gasteiger charge is 2.28. The van der Waals surface area contributed by atoms with Crippen LogP contribution in [0.15, 0.2) is 15.7 Å². The van der Waals surface area contributed by atoms with Gasteiger partial charge >= 0.3 is 5.69 Å². The van der Waals surface area contributed by atoms with E-state index in [-0.39, 0.29) is 36.1 Å². The van der Waals surface area contributed by atoms with Crippen molar-refractivity contribution in [1.82, 2.24) is 19.8 Å². The predicted molar refractivity (Wildman–Crippen MR) is 91.5 cm³/mol. The molecule has 0 saturated carbocycles. The molecule has 3 saturated heterocycles. The lowest BCUT2D eigenvalue weighted by molar-refractivity contribution is 0.251. The molecular formula is C14H24Cl2N4O2. The SMILES string of the molecule is Cc1cc(=O)n(CCN2C[C@H]3CC[C@@H](C2)NC3)c(=O)[nH]1.Cl.Cl. The molecule has 0 aliphatic carbocycles. The summed E-state index contributed by atoms with van der Waals surface area (Å²) in [4.78, 5) is 28.7. The quantitative estimate of drug-likeness (QED) is 0.826. The fourth-order valence-electron chi connectivity index (χ4n) is 3.31. The first-order valence-electron chi connectivity index (χ1n) is 7.38. The number of H-pyrrole nitrogens is 1. The largest absolute Gasteiger partial charge is 0.328 e. The van der Waals surface area contributed by atoms with Crippen LogP contribution in [0, 0.1) is 12.8 Å². The zero-order valence-corrected chi connectivity index (χ0v) is 14.3. The Kier molecular flexibility index (Phi) is 7.12. The van der Waals surface area contributed by atoms with Gasteiger partial charge in [0.15, 0.2) is 0 Å². The van der Waals surface area contributed by atoms with Gasteiger partial charge in [0.05, 0.1) is 0 Å². The van der Waals surface area contributed by atoms with Crippen molar-refractivity contribution in [1.29, 1.82) is 0 Å². The highest BCUT2D eigenvalue weighted by atomic mass is 35.5. The van der Waals surface area contributed by atoms with Crippen molar-refractivity contribution in [3.63, 3.8) is 0 Å². The molecule has 8 heteroatoms. The molecule has 1 aromatic heterocycles. The number of piperidine rings is 1. The molecule has 4 rings (SSSR count). The molecular weight excluding hydrogens is 327 g/mol. The Morgan fingerprint density at radius 3 is 2.59 bits per heavy atom. The van der Waals surface area contributed by atoms with E-state index < -0.39 is 0 Å². The molecule has 2 N–H and O–H groups in total. The molecule has 0 spiro atoms. The minimum Gasteiger partial charge on any atom is -0.312 e. The number of hydrogen-bond donors (Lipinski definition) is 2. The summed E-state index contributed by atoms with van der Waals surface area (Å²) in [6, 6.07) is 2.05. The maximum atomic E-state index is 11.9. The average molecular weight is 351 g/mol. The highest BCUT2D eigenvalue weighted by molar-refractivity contribution is 5.85. The molecule has 6 nitrogen and oxygen atoms in total. The van der Waals surface area contributed by atoms with Crippen LogP contribution in [0.1, 0.15) is 18.5 Å². The Morgan fingerprint density at radius 1 is 1.18 bits per heavy atom. The second kappa shape index (κ2) is 8.15. The highest BCUT2D eigenvalue weighted by Crippen LogP contribution is 2.20. The molecule has 1 aromatic rings. The van der Waals surface area contributed by atoms with Gasteiger partial charge in [0, 0.05) is 44.0 Å². The summed E-state index contributed by atoms with van der Waals surface area (Å²) in [5.41, 5.74) is 0.112. The number of halogens is 2. The Morgan fingerprint density at radius 2 is 1.95 bits per heavy atom. The number of rotatable bonds is 3. The van der Waals surface area contributed by atoms with E-state index in [9.17, 15) is 9.59 Å². The molecule has 4 heterocycles. The molecule has 3 aliphatic heterocycles. The van der Waals surface area contributed by atoms with Crippen molar-refractivity contribution in [2.45, 2.75) is 32.4 Å². The smallest absolute Gasteiger partial charge is 0.312 e. The third-order valence-electron chi connectivity index (χ3n) is 4.41. The third kappa shape index (κ3) is 4.35. The Labute approximate surface area is 142 Å². The van der Waals surface area contributed by atoms with Gasteiger partial charge < -0.3 is 10.3 Å². The first-order valence-corrected chi connectivity index (χ1v) is 7.38. The second-order valence-electron chi connectivity index (χ2n) is 6.06. The molecule has 0 radical (unpaired) electrons. The molecule has 2 bridgehead atoms. The topological polar surface area (TPSA) is 70.1 Å². The van der Waals surface area contributed by atoms with Crippen LogP contribution in [0.25, 0.3) is 0 Å². The van der Waals surface area contributed by atoms with E-state index in [1.165, 1.54) is 23.5 Å². The van der Waals surface area contributed by atoms with Crippen molar-refractivity contribution in [3.8, 4) is 0 Å². The van der Waals surface area contributed by atoms with E-state index >= 15 is 0 Å². The van der Waals surface area contributed by atoms with E-state index in [4.69, 9.17) is 0 Å². The third-order valence-corrected chi connectivity index (χ3v) is 4.41. The van der Waals surface area contributed by atoms with Crippen molar-refractivity contribution in [3.05, 3.63) is 32.6 Å². The van der Waals surface area contributed by atoms with Crippen molar-refractivity contribution in [2.24, 2.45) is 5.92 Å². The van der Waals surface area contributed by atoms with Crippen molar-refractivity contribution >= 4 is 24.8 Å². The number of aryl methyl sites for hydroxylation is 1. The van der Waals surface area contributed by atoms with Gasteiger partial charge in [0.2, 0.25) is 0 Å². The zero-order chi connectivity index (χ0) is 14.1. The van der Waals surface area contributed by atoms with Gasteiger partial charge in [0.1, 0.15) is 0 Å². The van der Waals surface area contributed by atoms with Crippen LogP contribution in [0.3, 0.4) is 0 Å². The minimum absolute atomic E-state index is 0. The lowest BCUT2D eigenvalue weighted by atomic mass is 9.97. The van der Waals surface area contributed by atoms with Gasteiger partial charge in [-0.05, 0) is 32.2 Å². The Balaban J connectivity index is 0.00000121. The lowest BCUT2D eigenvalue weighted by Crippen LogP contribution is -2.42. The summed E-state index contributed by atoms with van der Waals surface area (Å²) in [5.74, 6) is 0.710. The van der Waals surface area contributed by atoms with Gasteiger partial charge in [-0.25, -0.2) is 4.79 Å². The maximum Gasteiger partial charge on any atom is 0.328 e. The van der Waals surface area contributed by atoms with Crippen molar-refractivity contribution < 1.29 is 0 Å². The second-order valence-corrected chi connectivity index (χ2v) is 6.06. The van der Waals surface area contributed by atoms with E-state index in [2.05, 4.69) is 15.2 Å². The van der Waals surface area contributed by atoms with Crippen LogP contribution >= 0.6 is 24.8 Å². The standard InChI is InChI=1S/C14H22N4O2.2ClH/c1-10-6-13(19)18(14(20)16-10)5-4-17-8-11-2-3-12(9-17)15-7-11;;/h6,11-12,15H,2-5,7-9H2,1H3,(H,16,20);2*1H/t11-,12-;;/m0../s1. The van der Waals surface area contributed by atoms with E-state index in [0.29, 0.717) is 24.2 Å². The number of fused-ring (bicyclic) bond motifs is 4. The van der Waals surface area contributed by atoms with Crippen LogP contribution in [-0.4, -0.2) is 46.7 Å². The average Bonchev–Trinajstić information content (AvgIpc) is 2.70. The molecule has 22 heavy (non-hydrogen) atoms. The monoisotopic (exact) mass is 350 g/mol. The summed E-state index contributed by atoms with van der Waals surface area (Å²) < 4.78 is 1.30. The van der Waals surface area contributed by atoms with Crippen LogP contribution in [-0.2, 0) is 6.54 Å². The first kappa shape index (κ1) is 19.2. The number of hydrogen-bond acceptors (Lipinski definition) is 4. The molecule has 3 fully saturated rings. The van der Waals surface area contributed by atoms with E-state index in [0.717, 1.165) is 26.2 Å². The number of aromatic nitrogens is 2. The molecule has 0 amide bonds. The predicted octanol–water partition coefficient (Wildman–Crippen LogP) is 0.372. The summed E-state index contributed by atoms with van der Waals surface area (Å²) >= 11 is 0. The fourth-order valence-corrected chi connectivity index (χ4v) is 3.31. The number of nitrogens with zero attached hydrogens (tertiary/aromatic N) is 2. The fraction of sp³-hybridized carbons (Fsp3) is 0.714. The lowest BCUT2D eigenvalue weighted by Gasteiger charge is -2.23. The summed E-state index contributed by atoms with van der Waals surface area (Å²) in [7, 11) is 0. The molecule has 126 valence electrons. The van der Waals surface area contributed by atoms with Crippen LogP contribution in [0.2, 0.25) is 0 Å². The summed E-state index contributed by atoms with van der Waals surface area (Å²) in [6.45, 7) is 6.16. The molecule has 0 aromatic carbocycles. The van der Waals surface area contributed by atoms with Gasteiger partial charge in [-0.1, -0.05) is 0 Å². The summed E-state index contributed by atoms with van der Waals surface area (Å²) in [6.07, 6.45) is 2.53. The normalized spacial score (nSPS) is 24.2. The van der Waals surface area contributed by atoms with Crippen LogP contribution in [0.5, 0.6) is 0 Å². The van der Waals surface area contributed by atoms with Crippen LogP contribution < -0.4 is 16.6 Å². The van der Waals surface area contributed by atoms with Gasteiger partial charge in [0.25, 0.3) is 5.56 Å². The molecule has 2 atom stereocenters. The van der Waals surface area contributed by atoms with Crippen LogP contribution in [0.4, 0.5) is 0 Å². The molecule has 0 unspecified atom stereocenters. The van der Waals surface area contributed by atoms with Gasteiger partial charge in [-0.15, -0.1) is 24.8 Å². The Bertz CT molecular complexity index is 548. The zero-order valence-electron chi connectivity index (χ0n) is 12.7. The van der Waals surface area contributed by atoms with Crippen molar-refractivity contribution in [2.75, 3.05) is 26.2 Å². The Hall–Kier alpha value is -0.820. The maximum absolute atomic E-state index is 11.9. The van der Waals surface area contributed by atoms with E-state index in [1.807, 2.05) is 0 Å². The molecule has 3 aliphatic rings. The number of nitrogens with one attached hydrogen (secondary N) is 2. The minimum atomic E-state index is -0.300. The van der Waals surface area contributed by atoms with E-state index in [1.54, 1.807) is 6.92 Å². The van der Waals surface area contributed by atoms with Gasteiger partial charge in [-0.3, -0.25) is 14.3 Å². The summed E-state index contributed by atoms with van der Waals surface area (Å²) in [5, 5.41) is 3.56. The van der Waals surface area contributed by atoms with Gasteiger partial charge in [-0.2, -0.15) is 0 Å². The number of aromatic amines is 1.